The molecule has 3 N–H and O–H groups in total. The van der Waals surface area contributed by atoms with Crippen LogP contribution in [0, 0.1) is 0 Å². The zero-order chi connectivity index (χ0) is 23.1. The largest absolute Gasteiger partial charge is 0.434 e. The molecule has 1 aliphatic carbocycles. The maximum Gasteiger partial charge on any atom is 0.434 e. The number of halogens is 3. The number of alkyl halides is 2. The minimum Gasteiger partial charge on any atom is -0.394 e. The summed E-state index contributed by atoms with van der Waals surface area (Å²) in [6.45, 7) is -0.737. The van der Waals surface area contributed by atoms with Gasteiger partial charge in [-0.25, -0.2) is 9.36 Å². The molecule has 3 aliphatic rings. The van der Waals surface area contributed by atoms with Gasteiger partial charge in [-0.1, -0.05) is 17.7 Å². The highest BCUT2D eigenvalue weighted by Gasteiger charge is 2.59. The maximum absolute atomic E-state index is 14.3. The summed E-state index contributed by atoms with van der Waals surface area (Å²) in [5.41, 5.74) is -0.290. The van der Waals surface area contributed by atoms with Crippen LogP contribution in [-0.4, -0.2) is 57.2 Å². The van der Waals surface area contributed by atoms with E-state index in [1.807, 2.05) is 6.08 Å². The highest BCUT2D eigenvalue weighted by atomic mass is 35.5. The number of anilines is 1. The molecule has 176 valence electrons. The molecule has 5 atom stereocenters. The van der Waals surface area contributed by atoms with Crippen LogP contribution < -0.4 is 10.8 Å². The standard InChI is InChI=1S/C18H21ClF2N3O7P/c19-11-3-1-2-10(8-11)12-5-7-29-32(28,31-12)23-14-4-6-24(17(27)22-14)16-18(20,21)15(26)13(9-25)30-16/h3-4,6,8,12-13,15-16,25-26H,1-2,5,7,9H2,(H,22,23,27,28)/t12?,13-,15?,16-,32?/m1/s1. The average Bonchev–Trinajstić information content (AvgIpc) is 2.97. The molecule has 0 spiro atoms. The molecule has 32 heavy (non-hydrogen) atoms. The van der Waals surface area contributed by atoms with E-state index in [9.17, 15) is 23.2 Å². The summed E-state index contributed by atoms with van der Waals surface area (Å²) >= 11 is 6.04. The molecule has 10 nitrogen and oxygen atoms in total. The van der Waals surface area contributed by atoms with Gasteiger partial charge in [0.25, 0.3) is 0 Å². The van der Waals surface area contributed by atoms with Crippen LogP contribution in [-0.2, 0) is 18.3 Å². The summed E-state index contributed by atoms with van der Waals surface area (Å²) in [4.78, 5) is 16.0. The Bertz CT molecular complexity index is 1050. The Labute approximate surface area is 186 Å². The third-order valence-corrected chi connectivity index (χ3v) is 7.13. The van der Waals surface area contributed by atoms with Crippen LogP contribution in [0.3, 0.4) is 0 Å². The van der Waals surface area contributed by atoms with Crippen molar-refractivity contribution in [2.24, 2.45) is 0 Å². The number of hydrogen-bond acceptors (Lipinski definition) is 8. The van der Waals surface area contributed by atoms with Gasteiger partial charge in [0.05, 0.1) is 19.3 Å². The minimum atomic E-state index is -3.90. The highest BCUT2D eigenvalue weighted by Crippen LogP contribution is 2.53. The first-order valence-corrected chi connectivity index (χ1v) is 11.7. The van der Waals surface area contributed by atoms with E-state index < -0.39 is 50.5 Å². The molecule has 2 aliphatic heterocycles. The number of allylic oxidation sites excluding steroid dienone is 3. The van der Waals surface area contributed by atoms with E-state index in [0.717, 1.165) is 24.3 Å². The molecule has 0 radical (unpaired) electrons. The zero-order valence-electron chi connectivity index (χ0n) is 16.6. The molecular weight excluding hydrogens is 475 g/mol. The Balaban J connectivity index is 1.51. The third-order valence-electron chi connectivity index (χ3n) is 5.31. The molecule has 2 fully saturated rings. The van der Waals surface area contributed by atoms with Crippen molar-refractivity contribution in [1.29, 1.82) is 0 Å². The van der Waals surface area contributed by atoms with Crippen molar-refractivity contribution < 1.29 is 37.3 Å². The fourth-order valence-corrected chi connectivity index (χ4v) is 5.45. The molecule has 14 heteroatoms. The first kappa shape index (κ1) is 23.5. The fraction of sp³-hybridized carbons (Fsp3) is 0.556. The number of aliphatic hydroxyl groups excluding tert-OH is 2. The van der Waals surface area contributed by atoms with Gasteiger partial charge in [-0.15, -0.1) is 0 Å². The van der Waals surface area contributed by atoms with Crippen LogP contribution >= 0.6 is 19.3 Å². The van der Waals surface area contributed by atoms with Gasteiger partial charge >= 0.3 is 19.4 Å². The molecule has 3 heterocycles. The van der Waals surface area contributed by atoms with E-state index in [1.165, 1.54) is 0 Å². The third kappa shape index (κ3) is 4.54. The second kappa shape index (κ2) is 8.94. The lowest BCUT2D eigenvalue weighted by atomic mass is 9.98. The first-order chi connectivity index (χ1) is 15.1. The average molecular weight is 496 g/mol. The number of nitrogens with zero attached hydrogens (tertiary/aromatic N) is 2. The number of aromatic nitrogens is 2. The fourth-order valence-electron chi connectivity index (χ4n) is 3.69. The van der Waals surface area contributed by atoms with E-state index in [0.29, 0.717) is 22.4 Å². The van der Waals surface area contributed by atoms with Gasteiger partial charge in [-0.05, 0) is 30.6 Å². The lowest BCUT2D eigenvalue weighted by Gasteiger charge is -2.32. The van der Waals surface area contributed by atoms with Gasteiger partial charge in [-0.2, -0.15) is 13.8 Å². The van der Waals surface area contributed by atoms with Crippen LogP contribution in [0.1, 0.15) is 25.5 Å². The van der Waals surface area contributed by atoms with Gasteiger partial charge in [0.1, 0.15) is 11.9 Å². The number of aliphatic hydroxyl groups is 2. The molecule has 4 rings (SSSR count). The SMILES string of the molecule is O=c1nc(NP2(=O)OCCC(C3=CC(Cl)=CCC3)O2)ccn1[C@@H]1O[C@H](CO)C(O)C1(F)F. The Morgan fingerprint density at radius 1 is 1.44 bits per heavy atom. The first-order valence-electron chi connectivity index (χ1n) is 9.82. The topological polar surface area (TPSA) is 132 Å². The molecular formula is C18H21ClF2N3O7P. The summed E-state index contributed by atoms with van der Waals surface area (Å²) < 4.78 is 57.9. The van der Waals surface area contributed by atoms with Crippen molar-refractivity contribution >= 4 is 25.2 Å². The quantitative estimate of drug-likeness (QED) is 0.526. The second-order valence-corrected chi connectivity index (χ2v) is 9.63. The van der Waals surface area contributed by atoms with Crippen molar-refractivity contribution in [2.45, 2.75) is 49.7 Å². The highest BCUT2D eigenvalue weighted by molar-refractivity contribution is 7.55. The van der Waals surface area contributed by atoms with E-state index in [2.05, 4.69) is 10.1 Å². The normalized spacial score (nSPS) is 34.7. The maximum atomic E-state index is 14.3. The predicted octanol–water partition coefficient (Wildman–Crippen LogP) is 2.30. The van der Waals surface area contributed by atoms with Crippen molar-refractivity contribution in [1.82, 2.24) is 9.55 Å². The van der Waals surface area contributed by atoms with Crippen LogP contribution in [0.2, 0.25) is 0 Å². The Morgan fingerprint density at radius 3 is 2.88 bits per heavy atom. The molecule has 0 saturated carbocycles. The van der Waals surface area contributed by atoms with Gasteiger partial charge in [0, 0.05) is 17.6 Å². The predicted molar refractivity (Wildman–Crippen MR) is 108 cm³/mol. The van der Waals surface area contributed by atoms with Crippen LogP contribution in [0.5, 0.6) is 0 Å². The van der Waals surface area contributed by atoms with Crippen molar-refractivity contribution in [3.63, 3.8) is 0 Å². The van der Waals surface area contributed by atoms with Gasteiger partial charge in [0.2, 0.25) is 6.23 Å². The summed E-state index contributed by atoms with van der Waals surface area (Å²) in [5, 5.41) is 21.7. The second-order valence-electron chi connectivity index (χ2n) is 7.50. The molecule has 3 unspecified atom stereocenters. The Hall–Kier alpha value is -1.66. The Kier molecular flexibility index (Phi) is 6.56. The molecule has 1 aromatic heterocycles. The van der Waals surface area contributed by atoms with E-state index >= 15 is 0 Å². The number of ether oxygens (including phenoxy) is 1. The molecule has 0 aromatic carbocycles. The monoisotopic (exact) mass is 495 g/mol. The van der Waals surface area contributed by atoms with E-state index in [4.69, 9.17) is 30.5 Å². The van der Waals surface area contributed by atoms with Gasteiger partial charge in [0.15, 0.2) is 6.10 Å². The van der Waals surface area contributed by atoms with Crippen LogP contribution in [0.4, 0.5) is 14.6 Å². The van der Waals surface area contributed by atoms with Crippen molar-refractivity contribution in [3.05, 3.63) is 45.5 Å². The smallest absolute Gasteiger partial charge is 0.394 e. The summed E-state index contributed by atoms with van der Waals surface area (Å²) in [6, 6.07) is 1.12. The van der Waals surface area contributed by atoms with E-state index in [-0.39, 0.29) is 12.4 Å². The number of nitrogens with one attached hydrogen (secondary N) is 1. The zero-order valence-corrected chi connectivity index (χ0v) is 18.2. The molecule has 0 amide bonds. The van der Waals surface area contributed by atoms with Gasteiger partial charge in [-0.3, -0.25) is 18.7 Å². The number of hydrogen-bond donors (Lipinski definition) is 3. The molecule has 1 aromatic rings. The van der Waals surface area contributed by atoms with Crippen molar-refractivity contribution in [3.8, 4) is 0 Å². The lowest BCUT2D eigenvalue weighted by Crippen LogP contribution is -2.41. The van der Waals surface area contributed by atoms with Crippen LogP contribution in [0.15, 0.2) is 39.8 Å². The van der Waals surface area contributed by atoms with Crippen molar-refractivity contribution in [2.75, 3.05) is 18.3 Å². The van der Waals surface area contributed by atoms with Gasteiger partial charge < -0.3 is 14.9 Å². The lowest BCUT2D eigenvalue weighted by molar-refractivity contribution is -0.140. The van der Waals surface area contributed by atoms with Crippen LogP contribution in [0.25, 0.3) is 0 Å². The molecule has 0 bridgehead atoms. The molecule has 2 saturated heterocycles. The Morgan fingerprint density at radius 2 is 2.22 bits per heavy atom. The minimum absolute atomic E-state index is 0.118. The summed E-state index contributed by atoms with van der Waals surface area (Å²) in [6.07, 6.45) is -0.0982. The number of rotatable bonds is 5. The summed E-state index contributed by atoms with van der Waals surface area (Å²) in [5.74, 6) is -4.06. The van der Waals surface area contributed by atoms with E-state index in [1.54, 1.807) is 6.08 Å². The summed E-state index contributed by atoms with van der Waals surface area (Å²) in [7, 11) is -3.90.